The van der Waals surface area contributed by atoms with E-state index >= 15 is 0 Å². The third kappa shape index (κ3) is 2.56. The van der Waals surface area contributed by atoms with E-state index in [0.29, 0.717) is 0 Å². The van der Waals surface area contributed by atoms with Crippen LogP contribution in [0.15, 0.2) is 36.4 Å². The molecule has 0 aromatic heterocycles. The van der Waals surface area contributed by atoms with Crippen molar-refractivity contribution in [1.29, 1.82) is 5.26 Å². The van der Waals surface area contributed by atoms with Crippen molar-refractivity contribution in [1.82, 2.24) is 0 Å². The highest BCUT2D eigenvalue weighted by molar-refractivity contribution is 5.85. The molecule has 0 radical (unpaired) electrons. The van der Waals surface area contributed by atoms with Gasteiger partial charge in [-0.2, -0.15) is 5.26 Å². The molecule has 2 rings (SSSR count). The minimum Gasteiger partial charge on any atom is -0.497 e. The molecule has 0 spiro atoms. The van der Waals surface area contributed by atoms with Crippen LogP contribution in [0.1, 0.15) is 12.0 Å². The molecule has 0 aliphatic carbocycles. The molecule has 0 unspecified atom stereocenters. The van der Waals surface area contributed by atoms with E-state index in [1.165, 1.54) is 0 Å². The maximum Gasteiger partial charge on any atom is 0.119 e. The average molecular weight is 221 g/mol. The molecule has 0 amide bonds. The van der Waals surface area contributed by atoms with E-state index in [4.69, 9.17) is 10.00 Å². The normalized spacial score (nSPS) is 9.18. The van der Waals surface area contributed by atoms with Crippen molar-refractivity contribution in [3.63, 3.8) is 0 Å². The monoisotopic (exact) mass is 221 g/mol. The Balaban J connectivity index is 2.40. The average Bonchev–Trinajstić information content (AvgIpc) is 2.38. The highest BCUT2D eigenvalue weighted by Crippen LogP contribution is 2.21. The van der Waals surface area contributed by atoms with Gasteiger partial charge < -0.3 is 4.74 Å². The lowest BCUT2D eigenvalue weighted by atomic mass is 10.1. The van der Waals surface area contributed by atoms with Crippen LogP contribution in [0.25, 0.3) is 10.8 Å². The fourth-order valence-corrected chi connectivity index (χ4v) is 1.61. The second kappa shape index (κ2) is 5.05. The number of methoxy groups -OCH3 is 1. The predicted molar refractivity (Wildman–Crippen MR) is 67.6 cm³/mol. The molecule has 0 bridgehead atoms. The second-order valence-electron chi connectivity index (χ2n) is 3.56. The van der Waals surface area contributed by atoms with Crippen LogP contribution in [-0.2, 0) is 0 Å². The van der Waals surface area contributed by atoms with Gasteiger partial charge in [0.05, 0.1) is 19.6 Å². The van der Waals surface area contributed by atoms with Crippen molar-refractivity contribution in [2.24, 2.45) is 0 Å². The zero-order chi connectivity index (χ0) is 12.1. The van der Waals surface area contributed by atoms with Gasteiger partial charge in [-0.3, -0.25) is 0 Å². The Bertz CT molecular complexity index is 641. The van der Waals surface area contributed by atoms with E-state index in [0.717, 1.165) is 22.1 Å². The summed E-state index contributed by atoms with van der Waals surface area (Å²) in [5, 5.41) is 10.6. The summed E-state index contributed by atoms with van der Waals surface area (Å²) in [6, 6.07) is 13.9. The topological polar surface area (TPSA) is 33.0 Å². The maximum absolute atomic E-state index is 8.41. The van der Waals surface area contributed by atoms with Gasteiger partial charge in [0.25, 0.3) is 0 Å². The fourth-order valence-electron chi connectivity index (χ4n) is 1.61. The van der Waals surface area contributed by atoms with Crippen molar-refractivity contribution < 1.29 is 4.74 Å². The lowest BCUT2D eigenvalue weighted by Gasteiger charge is -2.02. The van der Waals surface area contributed by atoms with Crippen LogP contribution in [-0.4, -0.2) is 7.11 Å². The van der Waals surface area contributed by atoms with Crippen LogP contribution in [0, 0.1) is 23.2 Å². The first-order valence-electron chi connectivity index (χ1n) is 5.27. The van der Waals surface area contributed by atoms with Crippen molar-refractivity contribution >= 4 is 10.8 Å². The van der Waals surface area contributed by atoms with Crippen LogP contribution in [0.5, 0.6) is 5.75 Å². The third-order valence-corrected chi connectivity index (χ3v) is 2.45. The second-order valence-corrected chi connectivity index (χ2v) is 3.56. The molecule has 2 heteroatoms. The summed E-state index contributed by atoms with van der Waals surface area (Å²) in [6.07, 6.45) is 0.265. The molecule has 2 nitrogen and oxygen atoms in total. The summed E-state index contributed by atoms with van der Waals surface area (Å²) in [5.41, 5.74) is 0.929. The molecule has 0 saturated carbocycles. The largest absolute Gasteiger partial charge is 0.497 e. The number of ether oxygens (including phenoxy) is 1. The molecule has 0 aliphatic heterocycles. The highest BCUT2D eigenvalue weighted by Gasteiger charge is 1.97. The molecular formula is C15H11NO. The summed E-state index contributed by atoms with van der Waals surface area (Å²) in [7, 11) is 1.66. The van der Waals surface area contributed by atoms with Crippen LogP contribution < -0.4 is 4.74 Å². The van der Waals surface area contributed by atoms with Gasteiger partial charge in [0, 0.05) is 5.56 Å². The van der Waals surface area contributed by atoms with E-state index in [2.05, 4.69) is 11.8 Å². The Hall–Kier alpha value is -2.45. The number of fused-ring (bicyclic) bond motifs is 1. The van der Waals surface area contributed by atoms with Crippen molar-refractivity contribution in [3.8, 4) is 23.7 Å². The van der Waals surface area contributed by atoms with Gasteiger partial charge in [-0.15, -0.1) is 0 Å². The first-order valence-corrected chi connectivity index (χ1v) is 5.27. The number of nitrogens with zero attached hydrogens (tertiary/aromatic N) is 1. The number of benzene rings is 2. The first-order chi connectivity index (χ1) is 8.33. The van der Waals surface area contributed by atoms with Gasteiger partial charge in [-0.1, -0.05) is 24.0 Å². The van der Waals surface area contributed by atoms with E-state index < -0.39 is 0 Å². The van der Waals surface area contributed by atoms with Gasteiger partial charge in [0.2, 0.25) is 0 Å². The van der Waals surface area contributed by atoms with Gasteiger partial charge in [-0.25, -0.2) is 0 Å². The van der Waals surface area contributed by atoms with E-state index in [1.54, 1.807) is 7.11 Å². The number of rotatable bonds is 1. The zero-order valence-corrected chi connectivity index (χ0v) is 9.53. The zero-order valence-electron chi connectivity index (χ0n) is 9.53. The number of hydrogen-bond donors (Lipinski definition) is 0. The Kier molecular flexibility index (Phi) is 3.28. The molecule has 17 heavy (non-hydrogen) atoms. The van der Waals surface area contributed by atoms with E-state index in [1.807, 2.05) is 42.5 Å². The molecule has 82 valence electrons. The van der Waals surface area contributed by atoms with Gasteiger partial charge in [0.15, 0.2) is 0 Å². The van der Waals surface area contributed by atoms with Crippen molar-refractivity contribution in [2.75, 3.05) is 7.11 Å². The quantitative estimate of drug-likeness (QED) is 0.693. The maximum atomic E-state index is 8.41. The number of nitriles is 1. The van der Waals surface area contributed by atoms with Crippen molar-refractivity contribution in [3.05, 3.63) is 42.0 Å². The Morgan fingerprint density at radius 2 is 1.88 bits per heavy atom. The molecule has 0 aliphatic rings. The van der Waals surface area contributed by atoms with Crippen LogP contribution in [0.3, 0.4) is 0 Å². The lowest BCUT2D eigenvalue weighted by Crippen LogP contribution is -1.83. The Morgan fingerprint density at radius 1 is 1.12 bits per heavy atom. The minimum atomic E-state index is 0.265. The number of hydrogen-bond acceptors (Lipinski definition) is 2. The molecule has 0 heterocycles. The molecule has 0 saturated heterocycles. The molecule has 0 N–H and O–H groups in total. The fraction of sp³-hybridized carbons (Fsp3) is 0.133. The van der Waals surface area contributed by atoms with Crippen LogP contribution >= 0.6 is 0 Å². The van der Waals surface area contributed by atoms with Crippen LogP contribution in [0.2, 0.25) is 0 Å². The van der Waals surface area contributed by atoms with E-state index in [9.17, 15) is 0 Å². The molecular weight excluding hydrogens is 210 g/mol. The van der Waals surface area contributed by atoms with Gasteiger partial charge in [-0.05, 0) is 35.0 Å². The molecule has 2 aromatic rings. The smallest absolute Gasteiger partial charge is 0.119 e. The molecule has 2 aromatic carbocycles. The van der Waals surface area contributed by atoms with Gasteiger partial charge >= 0.3 is 0 Å². The highest BCUT2D eigenvalue weighted by atomic mass is 16.5. The summed E-state index contributed by atoms with van der Waals surface area (Å²) in [4.78, 5) is 0. The molecule has 0 fully saturated rings. The first kappa shape index (κ1) is 11.0. The minimum absolute atomic E-state index is 0.265. The van der Waals surface area contributed by atoms with E-state index in [-0.39, 0.29) is 6.42 Å². The lowest BCUT2D eigenvalue weighted by molar-refractivity contribution is 0.415. The third-order valence-electron chi connectivity index (χ3n) is 2.45. The standard InChI is InChI=1S/C15H11NO/c1-17-15-8-7-13-10-12(4-2-3-9-16)5-6-14(13)11-15/h5-8,10-11H,3H2,1H3. The predicted octanol–water partition coefficient (Wildman–Crippen LogP) is 3.11. The Labute approximate surface area is 100 Å². The summed E-state index contributed by atoms with van der Waals surface area (Å²) in [5.74, 6) is 6.61. The van der Waals surface area contributed by atoms with Crippen molar-refractivity contribution in [2.45, 2.75) is 6.42 Å². The Morgan fingerprint density at radius 3 is 2.65 bits per heavy atom. The van der Waals surface area contributed by atoms with Crippen LogP contribution in [0.4, 0.5) is 0 Å². The van der Waals surface area contributed by atoms with Gasteiger partial charge in [0.1, 0.15) is 5.75 Å². The SMILES string of the molecule is COc1ccc2cc(C#CCC#N)ccc2c1. The summed E-state index contributed by atoms with van der Waals surface area (Å²) < 4.78 is 5.17. The summed E-state index contributed by atoms with van der Waals surface area (Å²) >= 11 is 0. The molecule has 0 atom stereocenters. The summed E-state index contributed by atoms with van der Waals surface area (Å²) in [6.45, 7) is 0.